The van der Waals surface area contributed by atoms with Crippen molar-refractivity contribution in [3.05, 3.63) is 29.3 Å². The first-order valence-corrected chi connectivity index (χ1v) is 6.88. The number of nitrogens with zero attached hydrogens (tertiary/aromatic N) is 1. The second-order valence-corrected chi connectivity index (χ2v) is 5.12. The Morgan fingerprint density at radius 2 is 1.84 bits per heavy atom. The maximum atomic E-state index is 6.09. The SMILES string of the molecule is COC1CN(CCNc2ccccc2Cl)CC1OC. The van der Waals surface area contributed by atoms with Gasteiger partial charge in [0.05, 0.1) is 22.9 Å². The molecule has 1 aliphatic heterocycles. The zero-order valence-electron chi connectivity index (χ0n) is 11.4. The van der Waals surface area contributed by atoms with E-state index in [1.807, 2.05) is 24.3 Å². The van der Waals surface area contributed by atoms with E-state index in [-0.39, 0.29) is 12.2 Å². The van der Waals surface area contributed by atoms with Gasteiger partial charge in [0, 0.05) is 40.4 Å². The van der Waals surface area contributed by atoms with E-state index in [4.69, 9.17) is 21.1 Å². The third kappa shape index (κ3) is 3.83. The molecule has 0 spiro atoms. The minimum Gasteiger partial charge on any atom is -0.383 e. The largest absolute Gasteiger partial charge is 0.383 e. The van der Waals surface area contributed by atoms with Crippen molar-refractivity contribution in [3.63, 3.8) is 0 Å². The first kappa shape index (κ1) is 14.6. The fourth-order valence-corrected chi connectivity index (χ4v) is 2.61. The monoisotopic (exact) mass is 284 g/mol. The third-order valence-electron chi connectivity index (χ3n) is 3.51. The van der Waals surface area contributed by atoms with Crippen LogP contribution in [-0.4, -0.2) is 57.5 Å². The Bertz CT molecular complexity index is 391. The Labute approximate surface area is 119 Å². The average molecular weight is 285 g/mol. The molecule has 19 heavy (non-hydrogen) atoms. The van der Waals surface area contributed by atoms with Gasteiger partial charge in [-0.25, -0.2) is 0 Å². The van der Waals surface area contributed by atoms with Crippen molar-refractivity contribution < 1.29 is 9.47 Å². The second-order valence-electron chi connectivity index (χ2n) is 4.71. The predicted molar refractivity (Wildman–Crippen MR) is 78.0 cm³/mol. The molecule has 2 unspecified atom stereocenters. The van der Waals surface area contributed by atoms with E-state index in [1.54, 1.807) is 14.2 Å². The Kier molecular flexibility index (Phi) is 5.45. The molecule has 106 valence electrons. The molecular formula is C14H21ClN2O2. The maximum absolute atomic E-state index is 6.09. The molecule has 4 nitrogen and oxygen atoms in total. The van der Waals surface area contributed by atoms with Crippen LogP contribution in [0.25, 0.3) is 0 Å². The van der Waals surface area contributed by atoms with Crippen LogP contribution in [0.2, 0.25) is 5.02 Å². The van der Waals surface area contributed by atoms with Crippen molar-refractivity contribution in [2.45, 2.75) is 12.2 Å². The van der Waals surface area contributed by atoms with Crippen molar-refractivity contribution >= 4 is 17.3 Å². The number of methoxy groups -OCH3 is 2. The lowest BCUT2D eigenvalue weighted by atomic mass is 10.3. The average Bonchev–Trinajstić information content (AvgIpc) is 2.83. The Balaban J connectivity index is 1.76. The molecule has 0 bridgehead atoms. The molecule has 1 aromatic rings. The van der Waals surface area contributed by atoms with E-state index >= 15 is 0 Å². The zero-order valence-corrected chi connectivity index (χ0v) is 12.2. The van der Waals surface area contributed by atoms with E-state index < -0.39 is 0 Å². The molecule has 1 heterocycles. The van der Waals surface area contributed by atoms with Gasteiger partial charge >= 0.3 is 0 Å². The van der Waals surface area contributed by atoms with Crippen molar-refractivity contribution in [1.29, 1.82) is 0 Å². The molecule has 1 aliphatic rings. The number of halogens is 1. The summed E-state index contributed by atoms with van der Waals surface area (Å²) in [6, 6.07) is 7.79. The molecule has 0 aromatic heterocycles. The summed E-state index contributed by atoms with van der Waals surface area (Å²) in [5.74, 6) is 0. The Morgan fingerprint density at radius 1 is 1.21 bits per heavy atom. The van der Waals surface area contributed by atoms with E-state index in [0.29, 0.717) is 0 Å². The molecule has 0 radical (unpaired) electrons. The van der Waals surface area contributed by atoms with Gasteiger partial charge in [0.2, 0.25) is 0 Å². The molecule has 1 aromatic carbocycles. The van der Waals surface area contributed by atoms with Crippen LogP contribution in [-0.2, 0) is 9.47 Å². The first-order chi connectivity index (χ1) is 9.24. The number of likely N-dealkylation sites (tertiary alicyclic amines) is 1. The van der Waals surface area contributed by atoms with Crippen LogP contribution in [0.4, 0.5) is 5.69 Å². The number of hydrogen-bond acceptors (Lipinski definition) is 4. The van der Waals surface area contributed by atoms with Crippen molar-refractivity contribution in [2.75, 3.05) is 45.7 Å². The lowest BCUT2D eigenvalue weighted by Gasteiger charge is -2.16. The smallest absolute Gasteiger partial charge is 0.0971 e. The highest BCUT2D eigenvalue weighted by atomic mass is 35.5. The van der Waals surface area contributed by atoms with Crippen LogP contribution in [0.3, 0.4) is 0 Å². The second kappa shape index (κ2) is 7.10. The number of ether oxygens (including phenoxy) is 2. The first-order valence-electron chi connectivity index (χ1n) is 6.51. The Hall–Kier alpha value is -0.810. The minimum absolute atomic E-state index is 0.172. The van der Waals surface area contributed by atoms with Gasteiger partial charge in [0.1, 0.15) is 0 Å². The van der Waals surface area contributed by atoms with Crippen molar-refractivity contribution in [2.24, 2.45) is 0 Å². The fraction of sp³-hybridized carbons (Fsp3) is 0.571. The van der Waals surface area contributed by atoms with Gasteiger partial charge in [0.15, 0.2) is 0 Å². The van der Waals surface area contributed by atoms with Crippen LogP contribution in [0.5, 0.6) is 0 Å². The van der Waals surface area contributed by atoms with Crippen LogP contribution >= 0.6 is 11.6 Å². The van der Waals surface area contributed by atoms with E-state index in [2.05, 4.69) is 10.2 Å². The minimum atomic E-state index is 0.172. The summed E-state index contributed by atoms with van der Waals surface area (Å²) in [6.45, 7) is 3.64. The van der Waals surface area contributed by atoms with Gasteiger partial charge in [-0.3, -0.25) is 4.90 Å². The number of para-hydroxylation sites is 1. The summed E-state index contributed by atoms with van der Waals surface area (Å²) in [5.41, 5.74) is 0.981. The predicted octanol–water partition coefficient (Wildman–Crippen LogP) is 2.10. The van der Waals surface area contributed by atoms with Crippen LogP contribution in [0.1, 0.15) is 0 Å². The molecule has 5 heteroatoms. The van der Waals surface area contributed by atoms with Crippen LogP contribution in [0.15, 0.2) is 24.3 Å². The standard InChI is InChI=1S/C14H21ClN2O2/c1-18-13-9-17(10-14(13)19-2)8-7-16-12-6-4-3-5-11(12)15/h3-6,13-14,16H,7-10H2,1-2H3. The highest BCUT2D eigenvalue weighted by molar-refractivity contribution is 6.33. The number of nitrogens with one attached hydrogen (secondary N) is 1. The van der Waals surface area contributed by atoms with Gasteiger partial charge in [-0.05, 0) is 12.1 Å². The summed E-state index contributed by atoms with van der Waals surface area (Å²) in [7, 11) is 3.48. The van der Waals surface area contributed by atoms with E-state index in [0.717, 1.165) is 36.9 Å². The molecule has 0 amide bonds. The molecular weight excluding hydrogens is 264 g/mol. The fourth-order valence-electron chi connectivity index (χ4n) is 2.41. The van der Waals surface area contributed by atoms with Gasteiger partial charge in [-0.15, -0.1) is 0 Å². The normalized spacial score (nSPS) is 23.7. The molecule has 2 atom stereocenters. The molecule has 0 aliphatic carbocycles. The van der Waals surface area contributed by atoms with Gasteiger partial charge < -0.3 is 14.8 Å². The molecule has 1 fully saturated rings. The highest BCUT2D eigenvalue weighted by Crippen LogP contribution is 2.20. The van der Waals surface area contributed by atoms with E-state index in [9.17, 15) is 0 Å². The molecule has 1 saturated heterocycles. The topological polar surface area (TPSA) is 33.7 Å². The quantitative estimate of drug-likeness (QED) is 0.867. The summed E-state index contributed by atoms with van der Waals surface area (Å²) < 4.78 is 10.8. The van der Waals surface area contributed by atoms with E-state index in [1.165, 1.54) is 0 Å². The summed E-state index contributed by atoms with van der Waals surface area (Å²) in [5, 5.41) is 4.11. The number of benzene rings is 1. The van der Waals surface area contributed by atoms with Crippen LogP contribution < -0.4 is 5.32 Å². The Morgan fingerprint density at radius 3 is 2.42 bits per heavy atom. The zero-order chi connectivity index (χ0) is 13.7. The van der Waals surface area contributed by atoms with Crippen molar-refractivity contribution in [3.8, 4) is 0 Å². The van der Waals surface area contributed by atoms with Gasteiger partial charge in [-0.1, -0.05) is 23.7 Å². The van der Waals surface area contributed by atoms with Gasteiger partial charge in [-0.2, -0.15) is 0 Å². The maximum Gasteiger partial charge on any atom is 0.0971 e. The molecule has 1 N–H and O–H groups in total. The number of hydrogen-bond donors (Lipinski definition) is 1. The number of anilines is 1. The third-order valence-corrected chi connectivity index (χ3v) is 3.84. The lowest BCUT2D eigenvalue weighted by Crippen LogP contribution is -2.28. The lowest BCUT2D eigenvalue weighted by molar-refractivity contribution is -0.00461. The van der Waals surface area contributed by atoms with Crippen molar-refractivity contribution in [1.82, 2.24) is 4.90 Å². The van der Waals surface area contributed by atoms with Crippen LogP contribution in [0, 0.1) is 0 Å². The number of rotatable bonds is 6. The molecule has 0 saturated carbocycles. The summed E-state index contributed by atoms with van der Waals surface area (Å²) in [6.07, 6.45) is 0.343. The summed E-state index contributed by atoms with van der Waals surface area (Å²) >= 11 is 6.09. The molecule has 2 rings (SSSR count). The van der Waals surface area contributed by atoms with Gasteiger partial charge in [0.25, 0.3) is 0 Å². The summed E-state index contributed by atoms with van der Waals surface area (Å²) in [4.78, 5) is 2.34. The highest BCUT2D eigenvalue weighted by Gasteiger charge is 2.32.